The molecule has 0 unspecified atom stereocenters. The highest BCUT2D eigenvalue weighted by atomic mass is 16.2. The first-order valence-corrected chi connectivity index (χ1v) is 6.90. The molecule has 5 heteroatoms. The lowest BCUT2D eigenvalue weighted by molar-refractivity contribution is 0.137. The zero-order chi connectivity index (χ0) is 13.5. The van der Waals surface area contributed by atoms with Gasteiger partial charge in [-0.05, 0) is 20.0 Å². The monoisotopic (exact) mass is 256 g/mol. The summed E-state index contributed by atoms with van der Waals surface area (Å²) in [6, 6.07) is 0.201. The normalized spacial score (nSPS) is 16.4. The second-order valence-corrected chi connectivity index (χ2v) is 5.66. The first kappa shape index (κ1) is 15.2. The van der Waals surface area contributed by atoms with Gasteiger partial charge in [0.05, 0.1) is 0 Å². The lowest BCUT2D eigenvalue weighted by Gasteiger charge is -2.34. The maximum absolute atomic E-state index is 12.5. The van der Waals surface area contributed by atoms with Crippen LogP contribution in [0.1, 0.15) is 13.8 Å². The number of carbonyl (C=O) groups excluding carboxylic acids is 1. The van der Waals surface area contributed by atoms with E-state index < -0.39 is 0 Å². The smallest absolute Gasteiger partial charge is 0.320 e. The zero-order valence-corrected chi connectivity index (χ0v) is 12.3. The molecule has 0 aliphatic carbocycles. The van der Waals surface area contributed by atoms with Crippen molar-refractivity contribution in [2.45, 2.75) is 13.8 Å². The lowest BCUT2D eigenvalue weighted by Crippen LogP contribution is -2.53. The van der Waals surface area contributed by atoms with Crippen LogP contribution in [-0.4, -0.2) is 80.6 Å². The maximum atomic E-state index is 12.5. The predicted octanol–water partition coefficient (Wildman–Crippen LogP) is 0.531. The first-order chi connectivity index (χ1) is 8.50. The fraction of sp³-hybridized carbons (Fsp3) is 0.923. The number of carbonyl (C=O) groups is 1. The lowest BCUT2D eigenvalue weighted by atomic mass is 10.2. The van der Waals surface area contributed by atoms with Gasteiger partial charge in [-0.1, -0.05) is 13.8 Å². The van der Waals surface area contributed by atoms with Gasteiger partial charge in [0.15, 0.2) is 0 Å². The summed E-state index contributed by atoms with van der Waals surface area (Å²) in [5, 5.41) is 3.28. The minimum Gasteiger partial charge on any atom is -0.323 e. The molecule has 5 nitrogen and oxygen atoms in total. The molecule has 1 aliphatic heterocycles. The van der Waals surface area contributed by atoms with Crippen LogP contribution in [0, 0.1) is 5.92 Å². The first-order valence-electron chi connectivity index (χ1n) is 6.90. The van der Waals surface area contributed by atoms with E-state index in [1.54, 1.807) is 0 Å². The largest absolute Gasteiger partial charge is 0.323 e. The van der Waals surface area contributed by atoms with Crippen LogP contribution in [0.5, 0.6) is 0 Å². The van der Waals surface area contributed by atoms with Crippen molar-refractivity contribution in [1.29, 1.82) is 0 Å². The number of rotatable bonds is 5. The van der Waals surface area contributed by atoms with Gasteiger partial charge in [-0.15, -0.1) is 0 Å². The SMILES string of the molecule is CC(C)CN(CCN(C)C)C(=O)N1CCNCC1. The molecule has 1 saturated heterocycles. The Bertz CT molecular complexity index is 249. The van der Waals surface area contributed by atoms with Crippen molar-refractivity contribution >= 4 is 6.03 Å². The zero-order valence-electron chi connectivity index (χ0n) is 12.3. The van der Waals surface area contributed by atoms with E-state index in [4.69, 9.17) is 0 Å². The number of amides is 2. The third kappa shape index (κ3) is 5.23. The van der Waals surface area contributed by atoms with Gasteiger partial charge >= 0.3 is 6.03 Å². The highest BCUT2D eigenvalue weighted by molar-refractivity contribution is 5.74. The van der Waals surface area contributed by atoms with E-state index >= 15 is 0 Å². The van der Waals surface area contributed by atoms with Crippen LogP contribution in [0.15, 0.2) is 0 Å². The van der Waals surface area contributed by atoms with E-state index in [9.17, 15) is 4.79 Å². The molecule has 18 heavy (non-hydrogen) atoms. The summed E-state index contributed by atoms with van der Waals surface area (Å²) < 4.78 is 0. The quantitative estimate of drug-likeness (QED) is 0.780. The molecule has 1 N–H and O–H groups in total. The molecule has 1 rings (SSSR count). The molecule has 0 radical (unpaired) electrons. The van der Waals surface area contributed by atoms with E-state index in [0.717, 1.165) is 45.8 Å². The number of piperazine rings is 1. The molecule has 1 fully saturated rings. The highest BCUT2D eigenvalue weighted by Gasteiger charge is 2.22. The molecule has 0 aromatic rings. The number of hydrogen-bond acceptors (Lipinski definition) is 3. The topological polar surface area (TPSA) is 38.8 Å². The maximum Gasteiger partial charge on any atom is 0.320 e. The Labute approximate surface area is 111 Å². The van der Waals surface area contributed by atoms with Gasteiger partial charge in [0.1, 0.15) is 0 Å². The molecule has 106 valence electrons. The summed E-state index contributed by atoms with van der Waals surface area (Å²) in [6.07, 6.45) is 0. The minimum absolute atomic E-state index is 0.201. The summed E-state index contributed by atoms with van der Waals surface area (Å²) in [4.78, 5) is 18.5. The Morgan fingerprint density at radius 3 is 2.33 bits per heavy atom. The molecule has 0 atom stereocenters. The van der Waals surface area contributed by atoms with Crippen molar-refractivity contribution in [1.82, 2.24) is 20.0 Å². The summed E-state index contributed by atoms with van der Waals surface area (Å²) in [5.41, 5.74) is 0. The van der Waals surface area contributed by atoms with E-state index in [1.807, 2.05) is 23.9 Å². The molecular formula is C13H28N4O. The summed E-state index contributed by atoms with van der Waals surface area (Å²) in [6.45, 7) is 10.4. The molecule has 2 amide bonds. The third-order valence-electron chi connectivity index (χ3n) is 3.06. The summed E-state index contributed by atoms with van der Waals surface area (Å²) in [7, 11) is 4.09. The number of likely N-dealkylation sites (N-methyl/N-ethyl adjacent to an activating group) is 1. The number of urea groups is 1. The van der Waals surface area contributed by atoms with Gasteiger partial charge in [0.25, 0.3) is 0 Å². The second-order valence-electron chi connectivity index (χ2n) is 5.66. The Kier molecular flexibility index (Phi) is 6.43. The molecule has 0 aromatic heterocycles. The molecule has 0 spiro atoms. The highest BCUT2D eigenvalue weighted by Crippen LogP contribution is 2.05. The second kappa shape index (κ2) is 7.59. The Balaban J connectivity index is 2.53. The van der Waals surface area contributed by atoms with Crippen LogP contribution in [0.3, 0.4) is 0 Å². The standard InChI is InChI=1S/C13H28N4O/c1-12(2)11-17(10-9-15(3)4)13(18)16-7-5-14-6-8-16/h12,14H,5-11H2,1-4H3. The number of nitrogens with zero attached hydrogens (tertiary/aromatic N) is 3. The van der Waals surface area contributed by atoms with E-state index in [2.05, 4.69) is 24.1 Å². The molecular weight excluding hydrogens is 228 g/mol. The van der Waals surface area contributed by atoms with Crippen LogP contribution in [-0.2, 0) is 0 Å². The van der Waals surface area contributed by atoms with Crippen LogP contribution in [0.25, 0.3) is 0 Å². The van der Waals surface area contributed by atoms with Gasteiger partial charge in [0, 0.05) is 45.8 Å². The van der Waals surface area contributed by atoms with Crippen molar-refractivity contribution in [2.75, 3.05) is 59.9 Å². The Hall–Kier alpha value is -0.810. The van der Waals surface area contributed by atoms with Crippen LogP contribution >= 0.6 is 0 Å². The Morgan fingerprint density at radius 2 is 1.83 bits per heavy atom. The van der Waals surface area contributed by atoms with Gasteiger partial charge in [-0.25, -0.2) is 4.79 Å². The predicted molar refractivity (Wildman–Crippen MR) is 74.8 cm³/mol. The third-order valence-corrected chi connectivity index (χ3v) is 3.06. The average Bonchev–Trinajstić information content (AvgIpc) is 2.34. The van der Waals surface area contributed by atoms with Crippen molar-refractivity contribution < 1.29 is 4.79 Å². The average molecular weight is 256 g/mol. The van der Waals surface area contributed by atoms with Gasteiger partial charge in [0.2, 0.25) is 0 Å². The molecule has 1 heterocycles. The van der Waals surface area contributed by atoms with E-state index in [0.29, 0.717) is 5.92 Å². The molecule has 1 aliphatic rings. The van der Waals surface area contributed by atoms with Gasteiger partial charge in [-0.2, -0.15) is 0 Å². The number of hydrogen-bond donors (Lipinski definition) is 1. The van der Waals surface area contributed by atoms with Gasteiger partial charge < -0.3 is 20.0 Å². The fourth-order valence-corrected chi connectivity index (χ4v) is 2.08. The van der Waals surface area contributed by atoms with Crippen LogP contribution in [0.4, 0.5) is 4.79 Å². The van der Waals surface area contributed by atoms with Gasteiger partial charge in [-0.3, -0.25) is 0 Å². The van der Waals surface area contributed by atoms with Crippen LogP contribution in [0.2, 0.25) is 0 Å². The molecule has 0 saturated carbocycles. The van der Waals surface area contributed by atoms with Crippen molar-refractivity contribution in [3.8, 4) is 0 Å². The van der Waals surface area contributed by atoms with Crippen molar-refractivity contribution in [2.24, 2.45) is 5.92 Å². The van der Waals surface area contributed by atoms with E-state index in [1.165, 1.54) is 0 Å². The summed E-state index contributed by atoms with van der Waals surface area (Å²) in [5.74, 6) is 0.513. The minimum atomic E-state index is 0.201. The Morgan fingerprint density at radius 1 is 1.22 bits per heavy atom. The van der Waals surface area contributed by atoms with Crippen LogP contribution < -0.4 is 5.32 Å². The van der Waals surface area contributed by atoms with E-state index in [-0.39, 0.29) is 6.03 Å². The fourth-order valence-electron chi connectivity index (χ4n) is 2.08. The molecule has 0 bridgehead atoms. The summed E-state index contributed by atoms with van der Waals surface area (Å²) >= 11 is 0. The van der Waals surface area contributed by atoms with Crippen molar-refractivity contribution in [3.05, 3.63) is 0 Å². The van der Waals surface area contributed by atoms with Crippen molar-refractivity contribution in [3.63, 3.8) is 0 Å². The number of nitrogens with one attached hydrogen (secondary N) is 1. The molecule has 0 aromatic carbocycles.